The number of nitrogens with zero attached hydrogens (tertiary/aromatic N) is 4. The van der Waals surface area contributed by atoms with Gasteiger partial charge in [0, 0.05) is 13.1 Å². The van der Waals surface area contributed by atoms with Crippen molar-refractivity contribution in [2.45, 2.75) is 46.4 Å². The van der Waals surface area contributed by atoms with Crippen LogP contribution in [-0.2, 0) is 13.1 Å². The zero-order valence-electron chi connectivity index (χ0n) is 11.5. The SMILES string of the molecule is CCCn1ncc(Cl)c1C(O)c1cc(C)nn1CC. The molecule has 2 heterocycles. The van der Waals surface area contributed by atoms with E-state index in [4.69, 9.17) is 11.6 Å². The van der Waals surface area contributed by atoms with Gasteiger partial charge in [-0.2, -0.15) is 10.2 Å². The van der Waals surface area contributed by atoms with Gasteiger partial charge < -0.3 is 5.11 Å². The molecule has 0 amide bonds. The second-order valence-corrected chi connectivity index (χ2v) is 4.94. The Hall–Kier alpha value is -1.33. The van der Waals surface area contributed by atoms with Crippen LogP contribution in [0.4, 0.5) is 0 Å². The minimum absolute atomic E-state index is 0.488. The van der Waals surface area contributed by atoms with Crippen LogP contribution in [0.3, 0.4) is 0 Å². The molecule has 19 heavy (non-hydrogen) atoms. The number of hydrogen-bond donors (Lipinski definition) is 1. The summed E-state index contributed by atoms with van der Waals surface area (Å²) in [5, 5.41) is 19.6. The van der Waals surface area contributed by atoms with Crippen molar-refractivity contribution >= 4 is 11.6 Å². The average Bonchev–Trinajstić information content (AvgIpc) is 2.93. The molecule has 0 aliphatic heterocycles. The molecule has 104 valence electrons. The molecule has 6 heteroatoms. The molecule has 1 N–H and O–H groups in total. The van der Waals surface area contributed by atoms with Gasteiger partial charge in [0.1, 0.15) is 6.10 Å². The molecule has 1 atom stereocenters. The fourth-order valence-electron chi connectivity index (χ4n) is 2.21. The van der Waals surface area contributed by atoms with Gasteiger partial charge in [-0.25, -0.2) is 0 Å². The van der Waals surface area contributed by atoms with E-state index in [2.05, 4.69) is 17.1 Å². The molecule has 2 rings (SSSR count). The van der Waals surface area contributed by atoms with E-state index in [9.17, 15) is 5.11 Å². The molecule has 5 nitrogen and oxygen atoms in total. The molecule has 0 spiro atoms. The maximum Gasteiger partial charge on any atom is 0.139 e. The zero-order valence-corrected chi connectivity index (χ0v) is 12.2. The van der Waals surface area contributed by atoms with Crippen molar-refractivity contribution in [3.63, 3.8) is 0 Å². The molecule has 2 aromatic heterocycles. The van der Waals surface area contributed by atoms with Crippen LogP contribution >= 0.6 is 11.6 Å². The summed E-state index contributed by atoms with van der Waals surface area (Å²) in [5.74, 6) is 0. The molecule has 0 aliphatic rings. The first-order valence-corrected chi connectivity index (χ1v) is 6.89. The van der Waals surface area contributed by atoms with Crippen molar-refractivity contribution in [1.82, 2.24) is 19.6 Å². The van der Waals surface area contributed by atoms with Crippen molar-refractivity contribution in [3.05, 3.63) is 34.4 Å². The molecule has 0 radical (unpaired) electrons. The maximum absolute atomic E-state index is 10.6. The highest BCUT2D eigenvalue weighted by Crippen LogP contribution is 2.28. The fourth-order valence-corrected chi connectivity index (χ4v) is 2.46. The van der Waals surface area contributed by atoms with Gasteiger partial charge in [0.15, 0.2) is 0 Å². The lowest BCUT2D eigenvalue weighted by atomic mass is 10.1. The Balaban J connectivity index is 2.43. The number of aromatic nitrogens is 4. The van der Waals surface area contributed by atoms with Gasteiger partial charge in [-0.3, -0.25) is 9.36 Å². The predicted molar refractivity (Wildman–Crippen MR) is 74.2 cm³/mol. The summed E-state index contributed by atoms with van der Waals surface area (Å²) < 4.78 is 3.55. The van der Waals surface area contributed by atoms with Gasteiger partial charge >= 0.3 is 0 Å². The van der Waals surface area contributed by atoms with Crippen LogP contribution in [0, 0.1) is 6.92 Å². The predicted octanol–water partition coefficient (Wildman–Crippen LogP) is 2.55. The van der Waals surface area contributed by atoms with Gasteiger partial charge in [-0.05, 0) is 26.3 Å². The van der Waals surface area contributed by atoms with Crippen LogP contribution in [0.1, 0.15) is 43.5 Å². The van der Waals surface area contributed by atoms with Crippen molar-refractivity contribution in [2.24, 2.45) is 0 Å². The number of aryl methyl sites for hydroxylation is 3. The number of aliphatic hydroxyl groups is 1. The smallest absolute Gasteiger partial charge is 0.139 e. The highest BCUT2D eigenvalue weighted by molar-refractivity contribution is 6.31. The van der Waals surface area contributed by atoms with E-state index in [1.165, 1.54) is 0 Å². The van der Waals surface area contributed by atoms with Gasteiger partial charge in [0.2, 0.25) is 0 Å². The van der Waals surface area contributed by atoms with Crippen LogP contribution in [0.25, 0.3) is 0 Å². The largest absolute Gasteiger partial charge is 0.380 e. The van der Waals surface area contributed by atoms with E-state index >= 15 is 0 Å². The van der Waals surface area contributed by atoms with E-state index in [0.717, 1.165) is 24.4 Å². The number of hydrogen-bond acceptors (Lipinski definition) is 3. The third-order valence-corrected chi connectivity index (χ3v) is 3.33. The Labute approximate surface area is 117 Å². The van der Waals surface area contributed by atoms with Crippen molar-refractivity contribution in [3.8, 4) is 0 Å². The molecule has 0 bridgehead atoms. The third kappa shape index (κ3) is 2.67. The molecule has 0 saturated heterocycles. The van der Waals surface area contributed by atoms with Crippen LogP contribution < -0.4 is 0 Å². The van der Waals surface area contributed by atoms with E-state index < -0.39 is 6.10 Å². The molecular weight excluding hydrogens is 264 g/mol. The summed E-state index contributed by atoms with van der Waals surface area (Å²) >= 11 is 6.15. The van der Waals surface area contributed by atoms with Crippen LogP contribution in [-0.4, -0.2) is 24.7 Å². The highest BCUT2D eigenvalue weighted by Gasteiger charge is 2.23. The number of rotatable bonds is 5. The van der Waals surface area contributed by atoms with Gasteiger partial charge in [0.05, 0.1) is 28.3 Å². The molecule has 2 aromatic rings. The molecular formula is C13H19ClN4O. The summed E-state index contributed by atoms with van der Waals surface area (Å²) in [7, 11) is 0. The van der Waals surface area contributed by atoms with Crippen LogP contribution in [0.5, 0.6) is 0 Å². The molecule has 0 aliphatic carbocycles. The third-order valence-electron chi connectivity index (χ3n) is 3.04. The van der Waals surface area contributed by atoms with Crippen LogP contribution in [0.15, 0.2) is 12.3 Å². The standard InChI is InChI=1S/C13H19ClN4O/c1-4-6-18-12(10(14)8-15-18)13(19)11-7-9(3)16-17(11)5-2/h7-8,13,19H,4-6H2,1-3H3. The Kier molecular flexibility index (Phi) is 4.27. The lowest BCUT2D eigenvalue weighted by Gasteiger charge is -2.15. The molecule has 0 fully saturated rings. The van der Waals surface area contributed by atoms with Gasteiger partial charge in [-0.1, -0.05) is 18.5 Å². The Morgan fingerprint density at radius 1 is 1.37 bits per heavy atom. The highest BCUT2D eigenvalue weighted by atomic mass is 35.5. The van der Waals surface area contributed by atoms with Gasteiger partial charge in [0.25, 0.3) is 0 Å². The molecule has 0 saturated carbocycles. The van der Waals surface area contributed by atoms with E-state index in [-0.39, 0.29) is 0 Å². The summed E-state index contributed by atoms with van der Waals surface area (Å²) in [5.41, 5.74) is 2.27. The normalized spacial score (nSPS) is 12.9. The molecule has 1 unspecified atom stereocenters. The minimum atomic E-state index is -0.803. The minimum Gasteiger partial charge on any atom is -0.380 e. The monoisotopic (exact) mass is 282 g/mol. The second-order valence-electron chi connectivity index (χ2n) is 4.53. The van der Waals surface area contributed by atoms with Crippen molar-refractivity contribution in [1.29, 1.82) is 0 Å². The number of halogens is 1. The quantitative estimate of drug-likeness (QED) is 0.917. The first kappa shape index (κ1) is 14.1. The van der Waals surface area contributed by atoms with E-state index in [0.29, 0.717) is 17.3 Å². The maximum atomic E-state index is 10.6. The van der Waals surface area contributed by atoms with E-state index in [1.807, 2.05) is 19.9 Å². The van der Waals surface area contributed by atoms with Gasteiger partial charge in [-0.15, -0.1) is 0 Å². The lowest BCUT2D eigenvalue weighted by Crippen LogP contribution is -2.14. The Morgan fingerprint density at radius 3 is 2.74 bits per heavy atom. The lowest BCUT2D eigenvalue weighted by molar-refractivity contribution is 0.196. The average molecular weight is 283 g/mol. The zero-order chi connectivity index (χ0) is 14.0. The van der Waals surface area contributed by atoms with Crippen molar-refractivity contribution in [2.75, 3.05) is 0 Å². The summed E-state index contributed by atoms with van der Waals surface area (Å²) in [6.07, 6.45) is 1.71. The Bertz CT molecular complexity index is 561. The topological polar surface area (TPSA) is 55.9 Å². The summed E-state index contributed by atoms with van der Waals surface area (Å²) in [6.45, 7) is 7.41. The first-order valence-electron chi connectivity index (χ1n) is 6.52. The van der Waals surface area contributed by atoms with Crippen LogP contribution in [0.2, 0.25) is 5.02 Å². The summed E-state index contributed by atoms with van der Waals surface area (Å²) in [6, 6.07) is 1.88. The fraction of sp³-hybridized carbons (Fsp3) is 0.538. The van der Waals surface area contributed by atoms with Crippen molar-refractivity contribution < 1.29 is 5.11 Å². The van der Waals surface area contributed by atoms with E-state index in [1.54, 1.807) is 15.6 Å². The second kappa shape index (κ2) is 5.75. The molecule has 0 aromatic carbocycles. The number of aliphatic hydroxyl groups excluding tert-OH is 1. The Morgan fingerprint density at radius 2 is 2.11 bits per heavy atom. The first-order chi connectivity index (χ1) is 9.08. The summed E-state index contributed by atoms with van der Waals surface area (Å²) in [4.78, 5) is 0.